The summed E-state index contributed by atoms with van der Waals surface area (Å²) in [6.07, 6.45) is 0. The van der Waals surface area contributed by atoms with Crippen LogP contribution in [0.5, 0.6) is 5.75 Å². The van der Waals surface area contributed by atoms with Crippen LogP contribution in [0.1, 0.15) is 10.4 Å². The van der Waals surface area contributed by atoms with E-state index in [0.29, 0.717) is 17.1 Å². The summed E-state index contributed by atoms with van der Waals surface area (Å²) in [7, 11) is 0. The SMILES string of the molecule is Nc1ccc(OC(=O)c2ccc(NC3=C(Cl)C(=O)N(c4ccc(F)c(Cl)c4)C3=O)cc2)cc1. The molecule has 4 rings (SSSR count). The molecule has 7 nitrogen and oxygen atoms in total. The smallest absolute Gasteiger partial charge is 0.343 e. The fourth-order valence-corrected chi connectivity index (χ4v) is 3.39. The van der Waals surface area contributed by atoms with Gasteiger partial charge in [0.1, 0.15) is 22.3 Å². The standard InChI is InChI=1S/C23H14Cl2FN3O4/c24-17-11-15(7-10-18(17)26)29-21(30)19(25)20(22(29)31)28-14-5-1-12(2-6-14)23(32)33-16-8-3-13(27)4-9-16/h1-11,28H,27H2. The van der Waals surface area contributed by atoms with Crippen LogP contribution in [0.3, 0.4) is 0 Å². The number of nitrogens with zero attached hydrogens (tertiary/aromatic N) is 1. The molecular weight excluding hydrogens is 472 g/mol. The van der Waals surface area contributed by atoms with Gasteiger partial charge >= 0.3 is 5.97 Å². The average Bonchev–Trinajstić information content (AvgIpc) is 3.01. The van der Waals surface area contributed by atoms with Crippen molar-refractivity contribution in [3.05, 3.63) is 93.9 Å². The van der Waals surface area contributed by atoms with E-state index in [1.807, 2.05) is 0 Å². The lowest BCUT2D eigenvalue weighted by Gasteiger charge is -2.15. The molecular formula is C23H14Cl2FN3O4. The number of anilines is 3. The van der Waals surface area contributed by atoms with Crippen LogP contribution in [0.15, 0.2) is 77.5 Å². The number of nitrogens with one attached hydrogen (secondary N) is 1. The normalized spacial score (nSPS) is 13.5. The Bertz CT molecular complexity index is 1310. The van der Waals surface area contributed by atoms with E-state index in [-0.39, 0.29) is 27.0 Å². The Balaban J connectivity index is 1.48. The van der Waals surface area contributed by atoms with Crippen molar-refractivity contribution in [1.82, 2.24) is 0 Å². The van der Waals surface area contributed by atoms with Gasteiger partial charge in [0.2, 0.25) is 0 Å². The van der Waals surface area contributed by atoms with Crippen LogP contribution < -0.4 is 20.7 Å². The first-order chi connectivity index (χ1) is 15.7. The zero-order valence-electron chi connectivity index (χ0n) is 16.6. The number of carbonyl (C=O) groups excluding carboxylic acids is 3. The second kappa shape index (κ2) is 8.93. The van der Waals surface area contributed by atoms with Gasteiger partial charge in [0.25, 0.3) is 11.8 Å². The molecule has 0 aromatic heterocycles. The number of hydrogen-bond donors (Lipinski definition) is 2. The minimum atomic E-state index is -0.782. The Labute approximate surface area is 197 Å². The quantitative estimate of drug-likeness (QED) is 0.234. The lowest BCUT2D eigenvalue weighted by molar-refractivity contribution is -0.120. The van der Waals surface area contributed by atoms with Crippen LogP contribution in [-0.4, -0.2) is 17.8 Å². The maximum absolute atomic E-state index is 13.4. The van der Waals surface area contributed by atoms with Gasteiger partial charge in [-0.1, -0.05) is 23.2 Å². The number of imide groups is 1. The fourth-order valence-electron chi connectivity index (χ4n) is 3.01. The molecule has 0 unspecified atom stereocenters. The van der Waals surface area contributed by atoms with Crippen LogP contribution in [0.25, 0.3) is 0 Å². The zero-order chi connectivity index (χ0) is 23.7. The van der Waals surface area contributed by atoms with Crippen molar-refractivity contribution in [2.75, 3.05) is 16.0 Å². The van der Waals surface area contributed by atoms with Gasteiger partial charge in [-0.15, -0.1) is 0 Å². The molecule has 10 heteroatoms. The van der Waals surface area contributed by atoms with Gasteiger partial charge in [-0.05, 0) is 66.7 Å². The first kappa shape index (κ1) is 22.3. The van der Waals surface area contributed by atoms with Crippen LogP contribution in [0.4, 0.5) is 21.5 Å². The molecule has 1 aliphatic heterocycles. The molecule has 0 aliphatic carbocycles. The minimum Gasteiger partial charge on any atom is -0.423 e. The fraction of sp³-hybridized carbons (Fsp3) is 0. The van der Waals surface area contributed by atoms with E-state index in [0.717, 1.165) is 17.0 Å². The first-order valence-electron chi connectivity index (χ1n) is 9.43. The summed E-state index contributed by atoms with van der Waals surface area (Å²) in [4.78, 5) is 38.4. The van der Waals surface area contributed by atoms with E-state index in [2.05, 4.69) is 5.32 Å². The number of rotatable bonds is 5. The van der Waals surface area contributed by atoms with Gasteiger partial charge in [0, 0.05) is 11.4 Å². The molecule has 166 valence electrons. The van der Waals surface area contributed by atoms with Crippen molar-refractivity contribution in [3.63, 3.8) is 0 Å². The van der Waals surface area contributed by atoms with Gasteiger partial charge in [0.05, 0.1) is 16.3 Å². The van der Waals surface area contributed by atoms with Crippen molar-refractivity contribution >= 4 is 58.0 Å². The van der Waals surface area contributed by atoms with Crippen LogP contribution >= 0.6 is 23.2 Å². The molecule has 2 amide bonds. The summed E-state index contributed by atoms with van der Waals surface area (Å²) < 4.78 is 18.7. The third-order valence-electron chi connectivity index (χ3n) is 4.67. The Hall–Kier alpha value is -3.88. The molecule has 3 aromatic rings. The topological polar surface area (TPSA) is 102 Å². The van der Waals surface area contributed by atoms with Gasteiger partial charge < -0.3 is 15.8 Å². The maximum atomic E-state index is 13.4. The number of halogens is 3. The summed E-state index contributed by atoms with van der Waals surface area (Å²) in [5.74, 6) is -2.46. The van der Waals surface area contributed by atoms with E-state index in [4.69, 9.17) is 33.7 Å². The Morgan fingerprint density at radius 3 is 2.24 bits per heavy atom. The van der Waals surface area contributed by atoms with Gasteiger partial charge in [0.15, 0.2) is 0 Å². The number of esters is 1. The molecule has 33 heavy (non-hydrogen) atoms. The number of benzene rings is 3. The highest BCUT2D eigenvalue weighted by Gasteiger charge is 2.39. The summed E-state index contributed by atoms with van der Waals surface area (Å²) in [5.41, 5.74) is 6.71. The second-order valence-electron chi connectivity index (χ2n) is 6.89. The number of carbonyl (C=O) groups is 3. The van der Waals surface area contributed by atoms with Gasteiger partial charge in [-0.25, -0.2) is 14.1 Å². The first-order valence-corrected chi connectivity index (χ1v) is 10.2. The monoisotopic (exact) mass is 485 g/mol. The van der Waals surface area contributed by atoms with E-state index < -0.39 is 23.6 Å². The van der Waals surface area contributed by atoms with Crippen molar-refractivity contribution in [2.24, 2.45) is 0 Å². The second-order valence-corrected chi connectivity index (χ2v) is 7.68. The Morgan fingerprint density at radius 2 is 1.61 bits per heavy atom. The Kier molecular flexibility index (Phi) is 6.04. The molecule has 0 bridgehead atoms. The third-order valence-corrected chi connectivity index (χ3v) is 5.31. The number of hydrogen-bond acceptors (Lipinski definition) is 6. The molecule has 0 spiro atoms. The maximum Gasteiger partial charge on any atom is 0.343 e. The van der Waals surface area contributed by atoms with Crippen LogP contribution in [-0.2, 0) is 9.59 Å². The number of nitrogen functional groups attached to an aromatic ring is 1. The predicted octanol–water partition coefficient (Wildman–Crippen LogP) is 4.72. The molecule has 0 fully saturated rings. The minimum absolute atomic E-state index is 0.0760. The largest absolute Gasteiger partial charge is 0.423 e. The highest BCUT2D eigenvalue weighted by atomic mass is 35.5. The summed E-state index contributed by atoms with van der Waals surface area (Å²) in [5, 5.41) is 2.20. The van der Waals surface area contributed by atoms with Crippen molar-refractivity contribution in [1.29, 1.82) is 0 Å². The highest BCUT2D eigenvalue weighted by Crippen LogP contribution is 2.32. The molecule has 1 heterocycles. The lowest BCUT2D eigenvalue weighted by Crippen LogP contribution is -2.32. The molecule has 0 saturated carbocycles. The molecule has 0 saturated heterocycles. The highest BCUT2D eigenvalue weighted by molar-refractivity contribution is 6.53. The van der Waals surface area contributed by atoms with E-state index in [1.165, 1.54) is 30.3 Å². The van der Waals surface area contributed by atoms with Gasteiger partial charge in [-0.2, -0.15) is 0 Å². The molecule has 1 aliphatic rings. The molecule has 0 radical (unpaired) electrons. The third kappa shape index (κ3) is 4.52. The van der Waals surface area contributed by atoms with Crippen molar-refractivity contribution < 1.29 is 23.5 Å². The Morgan fingerprint density at radius 1 is 0.939 bits per heavy atom. The molecule has 3 aromatic carbocycles. The number of ether oxygens (including phenoxy) is 1. The summed E-state index contributed by atoms with van der Waals surface area (Å²) in [6, 6.07) is 15.8. The van der Waals surface area contributed by atoms with E-state index in [9.17, 15) is 18.8 Å². The lowest BCUT2D eigenvalue weighted by atomic mass is 10.2. The molecule has 3 N–H and O–H groups in total. The van der Waals surface area contributed by atoms with E-state index in [1.54, 1.807) is 24.3 Å². The van der Waals surface area contributed by atoms with Crippen LogP contribution in [0, 0.1) is 5.82 Å². The molecule has 0 atom stereocenters. The average molecular weight is 486 g/mol. The zero-order valence-corrected chi connectivity index (χ0v) is 18.2. The summed E-state index contributed by atoms with van der Waals surface area (Å²) in [6.45, 7) is 0. The van der Waals surface area contributed by atoms with Crippen molar-refractivity contribution in [2.45, 2.75) is 0 Å². The van der Waals surface area contributed by atoms with E-state index >= 15 is 0 Å². The van der Waals surface area contributed by atoms with Crippen LogP contribution in [0.2, 0.25) is 5.02 Å². The number of nitrogens with two attached hydrogens (primary N) is 1. The number of amides is 2. The van der Waals surface area contributed by atoms with Crippen molar-refractivity contribution in [3.8, 4) is 5.75 Å². The predicted molar refractivity (Wildman–Crippen MR) is 123 cm³/mol. The summed E-state index contributed by atoms with van der Waals surface area (Å²) >= 11 is 11.8. The van der Waals surface area contributed by atoms with Gasteiger partial charge in [-0.3, -0.25) is 9.59 Å².